The molecule has 0 saturated carbocycles. The van der Waals surface area contributed by atoms with Crippen LogP contribution in [0.15, 0.2) is 41.3 Å². The topological polar surface area (TPSA) is 7.12 Å². The molecule has 0 saturated heterocycles. The number of fused-ring (bicyclic) bond motifs is 2. The number of hydrogen-bond donors (Lipinski definition) is 0. The summed E-state index contributed by atoms with van der Waals surface area (Å²) in [4.78, 5) is 3.95. The lowest BCUT2D eigenvalue weighted by Crippen LogP contribution is -3.00. The van der Waals surface area contributed by atoms with Crippen LogP contribution in [0.4, 0.5) is 5.69 Å². The Kier molecular flexibility index (Phi) is 6.42. The van der Waals surface area contributed by atoms with Crippen LogP contribution in [0.5, 0.6) is 0 Å². The van der Waals surface area contributed by atoms with Crippen LogP contribution >= 0.6 is 34.7 Å². The van der Waals surface area contributed by atoms with Gasteiger partial charge in [0.2, 0.25) is 10.5 Å². The summed E-state index contributed by atoms with van der Waals surface area (Å²) in [6.45, 7) is 8.66. The summed E-state index contributed by atoms with van der Waals surface area (Å²) in [5.74, 6) is 0. The van der Waals surface area contributed by atoms with Gasteiger partial charge in [-0.2, -0.15) is 4.57 Å². The molecule has 0 bridgehead atoms. The zero-order valence-electron chi connectivity index (χ0n) is 15.1. The molecule has 1 aliphatic rings. The van der Waals surface area contributed by atoms with Crippen molar-refractivity contribution in [2.24, 2.45) is 0 Å². The number of benzene rings is 2. The van der Waals surface area contributed by atoms with E-state index in [1.807, 2.05) is 29.2 Å². The van der Waals surface area contributed by atoms with Crippen LogP contribution in [-0.4, -0.2) is 11.9 Å². The van der Waals surface area contributed by atoms with Gasteiger partial charge in [-0.05, 0) is 50.6 Å². The highest BCUT2D eigenvalue weighted by molar-refractivity contribution is 8.00. The standard InChI is InChI=1S/C20H22ClN2S2.HI/c1-4-22-15-10-13(3)6-8-17(15)24-19(22)12-20-23(5-2)16-11-14(21)7-9-18(16)25-20;/h6-11,19H,4-5,12H2,1-3H3;1H/q+1;/p-1. The van der Waals surface area contributed by atoms with E-state index in [0.717, 1.165) is 24.5 Å². The molecule has 3 aromatic rings. The van der Waals surface area contributed by atoms with Gasteiger partial charge in [-0.3, -0.25) is 0 Å². The molecule has 0 radical (unpaired) electrons. The van der Waals surface area contributed by atoms with E-state index >= 15 is 0 Å². The first-order valence-electron chi connectivity index (χ1n) is 8.75. The number of likely N-dealkylation sites (N-methyl/N-ethyl adjacent to an activating group) is 1. The van der Waals surface area contributed by atoms with Crippen molar-refractivity contribution in [3.05, 3.63) is 52.0 Å². The Labute approximate surface area is 185 Å². The maximum absolute atomic E-state index is 6.23. The quantitative estimate of drug-likeness (QED) is 0.389. The van der Waals surface area contributed by atoms with Crippen LogP contribution in [0.1, 0.15) is 24.4 Å². The van der Waals surface area contributed by atoms with Gasteiger partial charge in [-0.15, -0.1) is 0 Å². The monoisotopic (exact) mass is 516 g/mol. The van der Waals surface area contributed by atoms with E-state index in [1.54, 1.807) is 0 Å². The fourth-order valence-electron chi connectivity index (χ4n) is 3.59. The summed E-state index contributed by atoms with van der Waals surface area (Å²) in [6, 6.07) is 13.1. The predicted octanol–water partition coefficient (Wildman–Crippen LogP) is 2.68. The molecule has 2 nitrogen and oxygen atoms in total. The molecule has 26 heavy (non-hydrogen) atoms. The number of nitrogens with zero attached hydrogens (tertiary/aromatic N) is 2. The van der Waals surface area contributed by atoms with Gasteiger partial charge >= 0.3 is 0 Å². The minimum atomic E-state index is 0. The second-order valence-corrected chi connectivity index (χ2v) is 9.16. The number of aryl methyl sites for hydroxylation is 2. The fourth-order valence-corrected chi connectivity index (χ4v) is 6.48. The molecular formula is C20H22ClIN2S2. The van der Waals surface area contributed by atoms with Crippen molar-refractivity contribution in [2.75, 3.05) is 11.4 Å². The maximum Gasteiger partial charge on any atom is 0.241 e. The van der Waals surface area contributed by atoms with Crippen molar-refractivity contribution in [3.63, 3.8) is 0 Å². The van der Waals surface area contributed by atoms with Crippen LogP contribution in [0.25, 0.3) is 10.2 Å². The number of aromatic nitrogens is 1. The molecule has 0 spiro atoms. The molecule has 1 aromatic heterocycles. The minimum Gasteiger partial charge on any atom is -1.00 e. The molecule has 2 heterocycles. The normalized spacial score (nSPS) is 16.0. The SMILES string of the molecule is CCN1c2cc(C)ccc2SC1Cc1sc2ccc(Cl)cc2[n+]1CC.[I-]. The van der Waals surface area contributed by atoms with Gasteiger partial charge in [0.25, 0.3) is 0 Å². The summed E-state index contributed by atoms with van der Waals surface area (Å²) in [7, 11) is 0. The van der Waals surface area contributed by atoms with Gasteiger partial charge < -0.3 is 28.9 Å². The second kappa shape index (κ2) is 8.25. The zero-order valence-corrected chi connectivity index (χ0v) is 19.7. The van der Waals surface area contributed by atoms with Gasteiger partial charge in [0.1, 0.15) is 11.2 Å². The van der Waals surface area contributed by atoms with E-state index in [0.29, 0.717) is 5.37 Å². The van der Waals surface area contributed by atoms with E-state index in [4.69, 9.17) is 11.6 Å². The number of rotatable bonds is 4. The summed E-state index contributed by atoms with van der Waals surface area (Å²) in [5, 5.41) is 2.70. The molecule has 0 aliphatic carbocycles. The van der Waals surface area contributed by atoms with E-state index < -0.39 is 0 Å². The molecule has 1 unspecified atom stereocenters. The van der Waals surface area contributed by atoms with Gasteiger partial charge in [0.05, 0.1) is 17.5 Å². The average molecular weight is 517 g/mol. The summed E-state index contributed by atoms with van der Waals surface area (Å²) >= 11 is 10.1. The Hall–Kier alpha value is -0.500. The molecule has 2 aromatic carbocycles. The van der Waals surface area contributed by atoms with Crippen LogP contribution in [0, 0.1) is 6.92 Å². The van der Waals surface area contributed by atoms with Crippen LogP contribution in [0.3, 0.4) is 0 Å². The van der Waals surface area contributed by atoms with Gasteiger partial charge in [-0.1, -0.05) is 40.8 Å². The van der Waals surface area contributed by atoms with Crippen molar-refractivity contribution in [1.29, 1.82) is 0 Å². The fraction of sp³-hybridized carbons (Fsp3) is 0.350. The molecule has 1 atom stereocenters. The number of thioether (sulfide) groups is 1. The Morgan fingerprint density at radius 1 is 1.15 bits per heavy atom. The first-order chi connectivity index (χ1) is 12.1. The zero-order chi connectivity index (χ0) is 17.6. The third kappa shape index (κ3) is 3.60. The van der Waals surface area contributed by atoms with Crippen molar-refractivity contribution in [3.8, 4) is 0 Å². The first-order valence-corrected chi connectivity index (χ1v) is 10.8. The second-order valence-electron chi connectivity index (χ2n) is 6.39. The smallest absolute Gasteiger partial charge is 0.241 e. The summed E-state index contributed by atoms with van der Waals surface area (Å²) < 4.78 is 3.75. The molecule has 0 N–H and O–H groups in total. The lowest BCUT2D eigenvalue weighted by molar-refractivity contribution is -0.670. The van der Waals surface area contributed by atoms with E-state index in [1.165, 1.54) is 31.4 Å². The van der Waals surface area contributed by atoms with Crippen molar-refractivity contribution in [2.45, 2.75) is 44.0 Å². The molecule has 138 valence electrons. The van der Waals surface area contributed by atoms with Crippen LogP contribution in [-0.2, 0) is 13.0 Å². The largest absolute Gasteiger partial charge is 1.00 e. The molecule has 6 heteroatoms. The molecule has 0 amide bonds. The first kappa shape index (κ1) is 20.2. The molecule has 4 rings (SSSR count). The van der Waals surface area contributed by atoms with Crippen molar-refractivity contribution in [1.82, 2.24) is 0 Å². The number of anilines is 1. The Morgan fingerprint density at radius 3 is 2.69 bits per heavy atom. The lowest BCUT2D eigenvalue weighted by Gasteiger charge is -2.24. The van der Waals surface area contributed by atoms with Crippen LogP contribution < -0.4 is 33.4 Å². The Balaban J connectivity index is 0.00000196. The highest BCUT2D eigenvalue weighted by atomic mass is 127. The Morgan fingerprint density at radius 2 is 1.96 bits per heavy atom. The van der Waals surface area contributed by atoms with Crippen molar-refractivity contribution < 1.29 is 28.5 Å². The molecular weight excluding hydrogens is 495 g/mol. The predicted molar refractivity (Wildman–Crippen MR) is 110 cm³/mol. The van der Waals surface area contributed by atoms with Gasteiger partial charge in [0, 0.05) is 22.5 Å². The van der Waals surface area contributed by atoms with Gasteiger partial charge in [-0.25, -0.2) is 0 Å². The minimum absolute atomic E-state index is 0. The third-order valence-electron chi connectivity index (χ3n) is 4.78. The summed E-state index contributed by atoms with van der Waals surface area (Å²) in [6.07, 6.45) is 1.05. The Bertz CT molecular complexity index is 941. The highest BCUT2D eigenvalue weighted by Crippen LogP contribution is 2.45. The van der Waals surface area contributed by atoms with E-state index in [2.05, 4.69) is 60.6 Å². The third-order valence-corrected chi connectivity index (χ3v) is 7.50. The highest BCUT2D eigenvalue weighted by Gasteiger charge is 2.33. The van der Waals surface area contributed by atoms with Crippen LogP contribution in [0.2, 0.25) is 5.02 Å². The van der Waals surface area contributed by atoms with E-state index in [9.17, 15) is 0 Å². The lowest BCUT2D eigenvalue weighted by atomic mass is 10.2. The molecule has 1 aliphatic heterocycles. The van der Waals surface area contributed by atoms with E-state index in [-0.39, 0.29) is 24.0 Å². The van der Waals surface area contributed by atoms with Crippen molar-refractivity contribution >= 4 is 50.6 Å². The maximum atomic E-state index is 6.23. The average Bonchev–Trinajstić information content (AvgIpc) is 3.11. The number of hydrogen-bond acceptors (Lipinski definition) is 3. The number of thiazole rings is 1. The molecule has 0 fully saturated rings. The van der Waals surface area contributed by atoms with Gasteiger partial charge in [0.15, 0.2) is 0 Å². The summed E-state index contributed by atoms with van der Waals surface area (Å²) in [5.41, 5.74) is 3.98. The number of halogens is 2.